The van der Waals surface area contributed by atoms with E-state index in [2.05, 4.69) is 34.5 Å². The summed E-state index contributed by atoms with van der Waals surface area (Å²) in [5.41, 5.74) is 4.91. The van der Waals surface area contributed by atoms with Gasteiger partial charge in [-0.25, -0.2) is 0 Å². The zero-order valence-corrected chi connectivity index (χ0v) is 18.8. The molecule has 33 heavy (non-hydrogen) atoms. The van der Waals surface area contributed by atoms with E-state index in [9.17, 15) is 5.11 Å². The van der Waals surface area contributed by atoms with E-state index in [-0.39, 0.29) is 6.17 Å². The van der Waals surface area contributed by atoms with Crippen LogP contribution in [0.4, 0.5) is 5.69 Å². The van der Waals surface area contributed by atoms with Gasteiger partial charge in [0.2, 0.25) is 0 Å². The molecule has 0 saturated carbocycles. The van der Waals surface area contributed by atoms with Crippen LogP contribution in [0.3, 0.4) is 0 Å². The number of anilines is 1. The third kappa shape index (κ3) is 4.56. The minimum Gasteiger partial charge on any atom is -0.381 e. The largest absolute Gasteiger partial charge is 0.381 e. The number of benzene rings is 3. The van der Waals surface area contributed by atoms with Crippen molar-refractivity contribution in [1.82, 2.24) is 5.32 Å². The molecule has 168 valence electrons. The van der Waals surface area contributed by atoms with E-state index in [1.807, 2.05) is 73.8 Å². The second-order valence-corrected chi connectivity index (χ2v) is 8.62. The van der Waals surface area contributed by atoms with Gasteiger partial charge in [-0.15, -0.1) is 0 Å². The van der Waals surface area contributed by atoms with E-state index in [1.165, 1.54) is 0 Å². The van der Waals surface area contributed by atoms with Gasteiger partial charge in [0.05, 0.1) is 18.9 Å². The molecule has 5 rings (SSSR count). The van der Waals surface area contributed by atoms with E-state index >= 15 is 0 Å². The molecule has 1 saturated heterocycles. The average Bonchev–Trinajstić information content (AvgIpc) is 2.90. The maximum absolute atomic E-state index is 11.4. The minimum absolute atomic E-state index is 0.156. The highest BCUT2D eigenvalue weighted by Crippen LogP contribution is 2.32. The fraction of sp³-hybridized carbons (Fsp3) is 0.250. The molecule has 3 aromatic rings. The van der Waals surface area contributed by atoms with E-state index in [4.69, 9.17) is 9.73 Å². The van der Waals surface area contributed by atoms with Crippen molar-refractivity contribution >= 4 is 11.4 Å². The van der Waals surface area contributed by atoms with E-state index < -0.39 is 5.60 Å². The van der Waals surface area contributed by atoms with Gasteiger partial charge < -0.3 is 20.1 Å². The highest BCUT2D eigenvalue weighted by molar-refractivity contribution is 6.09. The Morgan fingerprint density at radius 1 is 0.909 bits per heavy atom. The van der Waals surface area contributed by atoms with Crippen LogP contribution in [0.2, 0.25) is 0 Å². The molecular formula is C28H29N3O2. The molecule has 0 radical (unpaired) electrons. The first kappa shape index (κ1) is 21.4. The molecule has 0 aromatic heterocycles. The highest BCUT2D eigenvalue weighted by Gasteiger charge is 2.26. The number of allylic oxidation sites excluding steroid dienone is 1. The number of rotatable bonds is 5. The molecule has 0 bridgehead atoms. The number of aliphatic hydroxyl groups is 1. The van der Waals surface area contributed by atoms with Crippen LogP contribution in [-0.2, 0) is 10.3 Å². The van der Waals surface area contributed by atoms with Gasteiger partial charge in [-0.1, -0.05) is 66.7 Å². The van der Waals surface area contributed by atoms with Crippen LogP contribution in [0.5, 0.6) is 0 Å². The van der Waals surface area contributed by atoms with Crippen molar-refractivity contribution in [2.24, 2.45) is 4.99 Å². The number of hydrogen-bond acceptors (Lipinski definition) is 5. The average molecular weight is 440 g/mol. The third-order valence-corrected chi connectivity index (χ3v) is 6.43. The van der Waals surface area contributed by atoms with Gasteiger partial charge >= 0.3 is 0 Å². The maximum Gasteiger partial charge on any atom is 0.145 e. The predicted molar refractivity (Wildman–Crippen MR) is 133 cm³/mol. The van der Waals surface area contributed by atoms with Crippen molar-refractivity contribution in [3.63, 3.8) is 0 Å². The Bertz CT molecular complexity index is 1130. The van der Waals surface area contributed by atoms with E-state index in [0.717, 1.165) is 60.0 Å². The Hall–Kier alpha value is -3.41. The van der Waals surface area contributed by atoms with Crippen molar-refractivity contribution in [2.45, 2.75) is 18.7 Å². The zero-order valence-electron chi connectivity index (χ0n) is 18.8. The molecule has 5 heteroatoms. The Morgan fingerprint density at radius 2 is 1.55 bits per heavy atom. The van der Waals surface area contributed by atoms with Crippen LogP contribution in [0, 0.1) is 0 Å². The summed E-state index contributed by atoms with van der Waals surface area (Å²) in [6, 6.07) is 26.4. The maximum atomic E-state index is 11.4. The van der Waals surface area contributed by atoms with Gasteiger partial charge in [0, 0.05) is 25.0 Å². The van der Waals surface area contributed by atoms with Gasteiger partial charge in [-0.3, -0.25) is 4.99 Å². The van der Waals surface area contributed by atoms with Gasteiger partial charge in [0.25, 0.3) is 0 Å². The molecule has 0 amide bonds. The van der Waals surface area contributed by atoms with Crippen LogP contribution >= 0.6 is 0 Å². The fourth-order valence-corrected chi connectivity index (χ4v) is 4.36. The molecule has 0 spiro atoms. The number of aliphatic imine (C=N–C) groups is 1. The first-order valence-electron chi connectivity index (χ1n) is 11.4. The summed E-state index contributed by atoms with van der Waals surface area (Å²) >= 11 is 0. The van der Waals surface area contributed by atoms with Crippen molar-refractivity contribution in [3.05, 3.63) is 113 Å². The van der Waals surface area contributed by atoms with Gasteiger partial charge in [0.15, 0.2) is 0 Å². The predicted octanol–water partition coefficient (Wildman–Crippen LogP) is 4.38. The Kier molecular flexibility index (Phi) is 5.99. The minimum atomic E-state index is -1.08. The smallest absolute Gasteiger partial charge is 0.145 e. The molecule has 2 heterocycles. The molecule has 0 aliphatic carbocycles. The van der Waals surface area contributed by atoms with Crippen LogP contribution in [0.15, 0.2) is 96.1 Å². The lowest BCUT2D eigenvalue weighted by Gasteiger charge is -2.30. The van der Waals surface area contributed by atoms with Gasteiger partial charge in [0.1, 0.15) is 11.8 Å². The van der Waals surface area contributed by atoms with Gasteiger partial charge in [-0.05, 0) is 47.4 Å². The molecule has 1 fully saturated rings. The molecule has 2 aliphatic rings. The van der Waals surface area contributed by atoms with Crippen molar-refractivity contribution in [3.8, 4) is 0 Å². The van der Waals surface area contributed by atoms with Crippen LogP contribution in [-0.4, -0.2) is 37.1 Å². The monoisotopic (exact) mass is 439 g/mol. The molecule has 2 atom stereocenters. The second-order valence-electron chi connectivity index (χ2n) is 8.62. The summed E-state index contributed by atoms with van der Waals surface area (Å²) in [4.78, 5) is 7.18. The summed E-state index contributed by atoms with van der Waals surface area (Å²) in [7, 11) is 0. The third-order valence-electron chi connectivity index (χ3n) is 6.43. The van der Waals surface area contributed by atoms with E-state index in [1.54, 1.807) is 0 Å². The van der Waals surface area contributed by atoms with Crippen LogP contribution in [0.25, 0.3) is 0 Å². The Morgan fingerprint density at radius 3 is 2.21 bits per heavy atom. The van der Waals surface area contributed by atoms with Crippen molar-refractivity contribution in [2.75, 3.05) is 31.2 Å². The number of nitrogens with one attached hydrogen (secondary N) is 1. The zero-order chi connectivity index (χ0) is 22.7. The first-order chi connectivity index (χ1) is 16.1. The second kappa shape index (κ2) is 9.22. The Balaban J connectivity index is 1.33. The van der Waals surface area contributed by atoms with Crippen molar-refractivity contribution in [1.29, 1.82) is 0 Å². The van der Waals surface area contributed by atoms with E-state index in [0.29, 0.717) is 0 Å². The summed E-state index contributed by atoms with van der Waals surface area (Å²) < 4.78 is 5.44. The molecule has 2 N–H and O–H groups in total. The fourth-order valence-electron chi connectivity index (χ4n) is 4.36. The SMILES string of the molecule is CC(O)(c1ccc(C2N=C(c3ccccc3)C=CN2)cc1)c1ccc(N2CCOCC2)cc1. The standard InChI is InChI=1S/C28H29N3O2/c1-28(32,24-11-13-25(14-12-24)31-17-19-33-20-18-31)23-9-7-22(8-10-23)27-29-16-15-26(30-27)21-5-3-2-4-6-21/h2-16,27,29,32H,17-20H2,1H3. The van der Waals surface area contributed by atoms with Crippen LogP contribution < -0.4 is 10.2 Å². The number of nitrogens with zero attached hydrogens (tertiary/aromatic N) is 2. The summed E-state index contributed by atoms with van der Waals surface area (Å²) in [5.74, 6) is 0. The molecule has 5 nitrogen and oxygen atoms in total. The lowest BCUT2D eigenvalue weighted by atomic mass is 9.87. The number of hydrogen-bond donors (Lipinski definition) is 2. The first-order valence-corrected chi connectivity index (χ1v) is 11.4. The molecule has 2 aliphatic heterocycles. The summed E-state index contributed by atoms with van der Waals surface area (Å²) in [5, 5.41) is 14.7. The van der Waals surface area contributed by atoms with Crippen LogP contribution in [0.1, 0.15) is 35.3 Å². The normalized spacial score (nSPS) is 20.0. The molecule has 2 unspecified atom stereocenters. The Labute approximate surface area is 195 Å². The quantitative estimate of drug-likeness (QED) is 0.619. The van der Waals surface area contributed by atoms with Crippen molar-refractivity contribution < 1.29 is 9.84 Å². The molecular weight excluding hydrogens is 410 g/mol. The number of morpholine rings is 1. The van der Waals surface area contributed by atoms with Gasteiger partial charge in [-0.2, -0.15) is 0 Å². The molecule has 3 aromatic carbocycles. The topological polar surface area (TPSA) is 57.1 Å². The lowest BCUT2D eigenvalue weighted by Crippen LogP contribution is -2.36. The summed E-state index contributed by atoms with van der Waals surface area (Å²) in [6.45, 7) is 5.16. The lowest BCUT2D eigenvalue weighted by molar-refractivity contribution is 0.102. The highest BCUT2D eigenvalue weighted by atomic mass is 16.5. The number of ether oxygens (including phenoxy) is 1. The summed E-state index contributed by atoms with van der Waals surface area (Å²) in [6.07, 6.45) is 3.78.